The summed E-state index contributed by atoms with van der Waals surface area (Å²) in [4.78, 5) is 27.3. The molecule has 1 atom stereocenters. The minimum absolute atomic E-state index is 0.0191. The number of fused-ring (bicyclic) bond motifs is 1. The highest BCUT2D eigenvalue weighted by Gasteiger charge is 2.37. The van der Waals surface area contributed by atoms with Gasteiger partial charge in [0.05, 0.1) is 6.61 Å². The van der Waals surface area contributed by atoms with Gasteiger partial charge in [0.15, 0.2) is 0 Å². The third-order valence-corrected chi connectivity index (χ3v) is 7.39. The normalized spacial score (nSPS) is 17.3. The third kappa shape index (κ3) is 4.24. The highest BCUT2D eigenvalue weighted by atomic mass is 35.5. The Morgan fingerprint density at radius 3 is 2.62 bits per heavy atom. The Labute approximate surface area is 190 Å². The van der Waals surface area contributed by atoms with E-state index in [1.165, 1.54) is 0 Å². The molecule has 2 heterocycles. The van der Waals surface area contributed by atoms with E-state index in [1.54, 1.807) is 42.5 Å². The maximum Gasteiger partial charge on any atom is 0.266 e. The minimum Gasteiger partial charge on any atom is -0.366 e. The maximum absolute atomic E-state index is 13.6. The van der Waals surface area contributed by atoms with E-state index in [2.05, 4.69) is 10.3 Å². The van der Waals surface area contributed by atoms with Crippen LogP contribution in [0.2, 0.25) is 5.02 Å². The van der Waals surface area contributed by atoms with E-state index in [0.717, 1.165) is 9.77 Å². The standard InChI is InChI=1S/C20H20BClN4O5S/c21-11-1-6-15-14(9-11)18(17(25-15)19(23)27)32(29,30)26-7-8-31-16(10-26)20(28)24-13-4-2-12(22)3-5-13/h1-6,9,16,25H,7-8,10,21H2,(H2,23,27)(H,24,28). The van der Waals surface area contributed by atoms with Crippen LogP contribution in [-0.4, -0.2) is 63.2 Å². The quantitative estimate of drug-likeness (QED) is 0.454. The average Bonchev–Trinajstić information content (AvgIpc) is 3.15. The Balaban J connectivity index is 1.64. The van der Waals surface area contributed by atoms with Crippen molar-refractivity contribution in [2.24, 2.45) is 5.73 Å². The topological polar surface area (TPSA) is 135 Å². The van der Waals surface area contributed by atoms with Crippen LogP contribution in [0.3, 0.4) is 0 Å². The second-order valence-corrected chi connectivity index (χ2v) is 9.77. The van der Waals surface area contributed by atoms with Crippen LogP contribution in [0.15, 0.2) is 47.4 Å². The number of primary amides is 1. The van der Waals surface area contributed by atoms with Crippen LogP contribution in [0.1, 0.15) is 10.5 Å². The monoisotopic (exact) mass is 474 g/mol. The number of anilines is 1. The summed E-state index contributed by atoms with van der Waals surface area (Å²) in [6.07, 6.45) is -1.03. The summed E-state index contributed by atoms with van der Waals surface area (Å²) in [5.41, 5.74) is 7.08. The Morgan fingerprint density at radius 2 is 1.94 bits per heavy atom. The van der Waals surface area contributed by atoms with Crippen LogP contribution in [-0.2, 0) is 19.6 Å². The van der Waals surface area contributed by atoms with Crippen LogP contribution >= 0.6 is 11.6 Å². The largest absolute Gasteiger partial charge is 0.366 e. The van der Waals surface area contributed by atoms with E-state index in [4.69, 9.17) is 22.1 Å². The number of nitrogens with one attached hydrogen (secondary N) is 2. The predicted molar refractivity (Wildman–Crippen MR) is 124 cm³/mol. The predicted octanol–water partition coefficient (Wildman–Crippen LogP) is 0.207. The summed E-state index contributed by atoms with van der Waals surface area (Å²) >= 11 is 5.86. The van der Waals surface area contributed by atoms with Gasteiger partial charge in [-0.3, -0.25) is 9.59 Å². The molecule has 0 spiro atoms. The minimum atomic E-state index is -4.16. The summed E-state index contributed by atoms with van der Waals surface area (Å²) in [5.74, 6) is -1.38. The number of ether oxygens (including phenoxy) is 1. The second-order valence-electron chi connectivity index (χ2n) is 7.46. The highest BCUT2D eigenvalue weighted by Crippen LogP contribution is 2.30. The van der Waals surface area contributed by atoms with Crippen molar-refractivity contribution in [1.82, 2.24) is 9.29 Å². The van der Waals surface area contributed by atoms with Crippen molar-refractivity contribution in [3.05, 3.63) is 53.2 Å². The Bertz CT molecular complexity index is 1310. The molecule has 2 amide bonds. The van der Waals surface area contributed by atoms with Gasteiger partial charge in [0.1, 0.15) is 24.5 Å². The van der Waals surface area contributed by atoms with Gasteiger partial charge in [-0.2, -0.15) is 4.31 Å². The number of carbonyl (C=O) groups excluding carboxylic acids is 2. The molecule has 0 bridgehead atoms. The van der Waals surface area contributed by atoms with Crippen LogP contribution in [0.5, 0.6) is 0 Å². The van der Waals surface area contributed by atoms with Crippen molar-refractivity contribution in [3.8, 4) is 0 Å². The molecule has 1 aliphatic rings. The zero-order valence-corrected chi connectivity index (χ0v) is 18.7. The third-order valence-electron chi connectivity index (χ3n) is 5.18. The van der Waals surface area contributed by atoms with E-state index in [0.29, 0.717) is 21.6 Å². The van der Waals surface area contributed by atoms with Gasteiger partial charge in [0.25, 0.3) is 11.8 Å². The van der Waals surface area contributed by atoms with Crippen molar-refractivity contribution in [1.29, 1.82) is 0 Å². The molecule has 1 aliphatic heterocycles. The summed E-state index contributed by atoms with van der Waals surface area (Å²) < 4.78 is 33.8. The molecular formula is C20H20BClN4O5S. The zero-order chi connectivity index (χ0) is 23.0. The first-order valence-electron chi connectivity index (χ1n) is 9.77. The number of hydrogen-bond acceptors (Lipinski definition) is 5. The molecule has 0 saturated carbocycles. The number of nitrogens with zero attached hydrogens (tertiary/aromatic N) is 1. The van der Waals surface area contributed by atoms with Crippen molar-refractivity contribution >= 4 is 63.3 Å². The fourth-order valence-electron chi connectivity index (χ4n) is 3.61. The molecule has 1 saturated heterocycles. The number of nitrogens with two attached hydrogens (primary N) is 1. The van der Waals surface area contributed by atoms with Gasteiger partial charge in [-0.1, -0.05) is 29.2 Å². The number of aromatic nitrogens is 1. The number of carbonyl (C=O) groups is 2. The zero-order valence-electron chi connectivity index (χ0n) is 17.1. The highest BCUT2D eigenvalue weighted by molar-refractivity contribution is 7.89. The first kappa shape index (κ1) is 22.3. The number of amides is 2. The number of benzene rings is 2. The molecule has 9 nitrogen and oxygen atoms in total. The lowest BCUT2D eigenvalue weighted by atomic mass is 9.95. The molecule has 1 fully saturated rings. The van der Waals surface area contributed by atoms with Crippen molar-refractivity contribution in [3.63, 3.8) is 0 Å². The molecule has 2 aromatic carbocycles. The summed E-state index contributed by atoms with van der Waals surface area (Å²) in [5, 5.41) is 3.58. The van der Waals surface area contributed by atoms with Gasteiger partial charge < -0.3 is 20.8 Å². The van der Waals surface area contributed by atoms with Crippen molar-refractivity contribution < 1.29 is 22.7 Å². The maximum atomic E-state index is 13.6. The van der Waals surface area contributed by atoms with Crippen LogP contribution in [0.4, 0.5) is 5.69 Å². The molecule has 1 aromatic heterocycles. The molecule has 12 heteroatoms. The number of aromatic amines is 1. The van der Waals surface area contributed by atoms with Crippen molar-refractivity contribution in [2.75, 3.05) is 25.0 Å². The van der Waals surface area contributed by atoms with Gasteiger partial charge in [-0.05, 0) is 30.3 Å². The molecule has 166 valence electrons. The molecule has 4 N–H and O–H groups in total. The van der Waals surface area contributed by atoms with Crippen molar-refractivity contribution in [2.45, 2.75) is 11.0 Å². The van der Waals surface area contributed by atoms with Crippen LogP contribution in [0, 0.1) is 0 Å². The fraction of sp³-hybridized carbons (Fsp3) is 0.200. The van der Waals surface area contributed by atoms with E-state index < -0.39 is 27.9 Å². The molecule has 1 unspecified atom stereocenters. The number of hydrogen-bond donors (Lipinski definition) is 3. The van der Waals surface area contributed by atoms with Crippen LogP contribution < -0.4 is 16.5 Å². The number of sulfonamides is 1. The van der Waals surface area contributed by atoms with E-state index >= 15 is 0 Å². The van der Waals surface area contributed by atoms with Gasteiger partial charge in [-0.15, -0.1) is 0 Å². The Morgan fingerprint density at radius 1 is 1.22 bits per heavy atom. The molecule has 0 aliphatic carbocycles. The van der Waals surface area contributed by atoms with E-state index in [9.17, 15) is 18.0 Å². The Kier molecular flexibility index (Phi) is 6.00. The lowest BCUT2D eigenvalue weighted by Crippen LogP contribution is -2.50. The SMILES string of the molecule is Bc1ccc2[nH]c(C(N)=O)c(S(=O)(=O)N3CCOC(C(=O)Nc4ccc(Cl)cc4)C3)c2c1. The second kappa shape index (κ2) is 8.59. The number of rotatable bonds is 5. The Hall–Kier alpha value is -2.86. The van der Waals surface area contributed by atoms with E-state index in [1.807, 2.05) is 7.85 Å². The number of H-pyrrole nitrogens is 1. The molecular weight excluding hydrogens is 455 g/mol. The summed E-state index contributed by atoms with van der Waals surface area (Å²) in [6.45, 7) is -0.159. The first-order valence-corrected chi connectivity index (χ1v) is 11.6. The van der Waals surface area contributed by atoms with Gasteiger partial charge >= 0.3 is 0 Å². The lowest BCUT2D eigenvalue weighted by Gasteiger charge is -2.31. The van der Waals surface area contributed by atoms with E-state index in [-0.39, 0.29) is 30.3 Å². The van der Waals surface area contributed by atoms with Gasteiger partial charge in [0, 0.05) is 34.7 Å². The summed E-state index contributed by atoms with van der Waals surface area (Å²) in [7, 11) is -2.34. The average molecular weight is 475 g/mol. The number of halogens is 1. The van der Waals surface area contributed by atoms with Gasteiger partial charge in [-0.25, -0.2) is 8.42 Å². The smallest absolute Gasteiger partial charge is 0.266 e. The lowest BCUT2D eigenvalue weighted by molar-refractivity contribution is -0.130. The molecule has 3 aromatic rings. The first-order chi connectivity index (χ1) is 15.2. The fourth-order valence-corrected chi connectivity index (χ4v) is 5.50. The molecule has 4 rings (SSSR count). The van der Waals surface area contributed by atoms with Gasteiger partial charge in [0.2, 0.25) is 10.0 Å². The number of morpholine rings is 1. The van der Waals surface area contributed by atoms with Crippen LogP contribution in [0.25, 0.3) is 10.9 Å². The molecule has 0 radical (unpaired) electrons. The summed E-state index contributed by atoms with van der Waals surface area (Å²) in [6, 6.07) is 11.7. The molecule has 32 heavy (non-hydrogen) atoms.